The number of hydrogen-bond donors (Lipinski definition) is 1. The Bertz CT molecular complexity index is 775. The molecular weight excluding hydrogens is 351 g/mol. The molecule has 0 aliphatic rings. The standard InChI is InChI=1S/C17H18Cl2N2O3/c1-2-21-11-13(6-8-17(21)23)20-16(22)4-3-9-24-15-7-5-12(18)10-14(15)19/h5-8,10-11H,2-4,9H2,1H3,(H,20,22). The molecule has 1 heterocycles. The number of benzene rings is 1. The van der Waals surface area contributed by atoms with E-state index in [1.54, 1.807) is 30.5 Å². The highest BCUT2D eigenvalue weighted by Gasteiger charge is 2.06. The van der Waals surface area contributed by atoms with E-state index in [2.05, 4.69) is 5.32 Å². The van der Waals surface area contributed by atoms with Gasteiger partial charge in [0.15, 0.2) is 0 Å². The van der Waals surface area contributed by atoms with Crippen molar-refractivity contribution in [2.75, 3.05) is 11.9 Å². The number of halogens is 2. The van der Waals surface area contributed by atoms with Crippen molar-refractivity contribution in [1.29, 1.82) is 0 Å². The number of amides is 1. The number of anilines is 1. The molecule has 2 rings (SSSR count). The average molecular weight is 369 g/mol. The predicted molar refractivity (Wildman–Crippen MR) is 96.2 cm³/mol. The number of aryl methyl sites for hydroxylation is 1. The van der Waals surface area contributed by atoms with E-state index < -0.39 is 0 Å². The molecule has 0 unspecified atom stereocenters. The van der Waals surface area contributed by atoms with E-state index in [1.165, 1.54) is 10.6 Å². The van der Waals surface area contributed by atoms with Crippen LogP contribution >= 0.6 is 23.2 Å². The first kappa shape index (κ1) is 18.4. The third-order valence-corrected chi connectivity index (χ3v) is 3.84. The summed E-state index contributed by atoms with van der Waals surface area (Å²) in [6.07, 6.45) is 2.47. The van der Waals surface area contributed by atoms with Crippen LogP contribution in [0.5, 0.6) is 5.75 Å². The van der Waals surface area contributed by atoms with Gasteiger partial charge in [0.2, 0.25) is 5.91 Å². The van der Waals surface area contributed by atoms with Crippen LogP contribution in [0.25, 0.3) is 0 Å². The lowest BCUT2D eigenvalue weighted by Crippen LogP contribution is -2.19. The summed E-state index contributed by atoms with van der Waals surface area (Å²) < 4.78 is 7.06. The number of aromatic nitrogens is 1. The van der Waals surface area contributed by atoms with E-state index in [9.17, 15) is 9.59 Å². The molecule has 0 atom stereocenters. The van der Waals surface area contributed by atoms with Crippen LogP contribution in [0.15, 0.2) is 41.3 Å². The van der Waals surface area contributed by atoms with Gasteiger partial charge < -0.3 is 14.6 Å². The lowest BCUT2D eigenvalue weighted by Gasteiger charge is -2.09. The summed E-state index contributed by atoms with van der Waals surface area (Å²) >= 11 is 11.8. The van der Waals surface area contributed by atoms with Crippen molar-refractivity contribution in [2.24, 2.45) is 0 Å². The number of nitrogens with zero attached hydrogens (tertiary/aromatic N) is 1. The number of hydrogen-bond acceptors (Lipinski definition) is 3. The fraction of sp³-hybridized carbons (Fsp3) is 0.294. The van der Waals surface area contributed by atoms with E-state index >= 15 is 0 Å². The maximum Gasteiger partial charge on any atom is 0.250 e. The SMILES string of the molecule is CCn1cc(NC(=O)CCCOc2ccc(Cl)cc2Cl)ccc1=O. The summed E-state index contributed by atoms with van der Waals surface area (Å²) in [6, 6.07) is 8.02. The number of pyridine rings is 1. The lowest BCUT2D eigenvalue weighted by atomic mass is 10.3. The molecule has 1 aromatic heterocycles. The van der Waals surface area contributed by atoms with Crippen LogP contribution in [0.1, 0.15) is 19.8 Å². The minimum atomic E-state index is -0.137. The number of carbonyl (C=O) groups is 1. The number of rotatable bonds is 7. The molecular formula is C17H18Cl2N2O3. The fourth-order valence-corrected chi connectivity index (χ4v) is 2.55. The predicted octanol–water partition coefficient (Wildman–Crippen LogP) is 3.97. The molecule has 0 fully saturated rings. The van der Waals surface area contributed by atoms with E-state index in [0.717, 1.165) is 0 Å². The number of ether oxygens (including phenoxy) is 1. The van der Waals surface area contributed by atoms with Crippen LogP contribution in [-0.2, 0) is 11.3 Å². The Labute approximate surface area is 150 Å². The van der Waals surface area contributed by atoms with Gasteiger partial charge in [-0.2, -0.15) is 0 Å². The van der Waals surface area contributed by atoms with Crippen molar-refractivity contribution in [3.8, 4) is 5.75 Å². The van der Waals surface area contributed by atoms with Crippen LogP contribution in [0.2, 0.25) is 10.0 Å². The van der Waals surface area contributed by atoms with Gasteiger partial charge in [-0.15, -0.1) is 0 Å². The minimum absolute atomic E-state index is 0.0938. The molecule has 7 heteroatoms. The topological polar surface area (TPSA) is 60.3 Å². The molecule has 0 saturated carbocycles. The number of carbonyl (C=O) groups excluding carboxylic acids is 1. The van der Waals surface area contributed by atoms with Gasteiger partial charge in [-0.1, -0.05) is 23.2 Å². The molecule has 0 bridgehead atoms. The van der Waals surface area contributed by atoms with Crippen LogP contribution in [-0.4, -0.2) is 17.1 Å². The molecule has 5 nitrogen and oxygen atoms in total. The molecule has 128 valence electrons. The van der Waals surface area contributed by atoms with Crippen molar-refractivity contribution in [2.45, 2.75) is 26.3 Å². The summed E-state index contributed by atoms with van der Waals surface area (Å²) in [7, 11) is 0. The second-order valence-corrected chi connectivity index (χ2v) is 5.96. The van der Waals surface area contributed by atoms with Crippen molar-refractivity contribution in [3.05, 3.63) is 56.9 Å². The smallest absolute Gasteiger partial charge is 0.250 e. The second kappa shape index (κ2) is 8.76. The second-order valence-electron chi connectivity index (χ2n) is 5.12. The van der Waals surface area contributed by atoms with E-state index in [0.29, 0.717) is 47.5 Å². The van der Waals surface area contributed by atoms with Crippen LogP contribution < -0.4 is 15.6 Å². The summed E-state index contributed by atoms with van der Waals surface area (Å²) in [5.74, 6) is 0.401. The monoisotopic (exact) mass is 368 g/mol. The van der Waals surface area contributed by atoms with Gasteiger partial charge >= 0.3 is 0 Å². The van der Waals surface area contributed by atoms with Gasteiger partial charge in [-0.3, -0.25) is 9.59 Å². The zero-order valence-electron chi connectivity index (χ0n) is 13.2. The summed E-state index contributed by atoms with van der Waals surface area (Å²) in [4.78, 5) is 23.4. The van der Waals surface area contributed by atoms with E-state index in [1.807, 2.05) is 6.92 Å². The lowest BCUT2D eigenvalue weighted by molar-refractivity contribution is -0.116. The summed E-state index contributed by atoms with van der Waals surface area (Å²) in [5.41, 5.74) is 0.506. The van der Waals surface area contributed by atoms with Crippen molar-refractivity contribution in [3.63, 3.8) is 0 Å². The molecule has 0 spiro atoms. The quantitative estimate of drug-likeness (QED) is 0.752. The Hall–Kier alpha value is -1.98. The van der Waals surface area contributed by atoms with Crippen molar-refractivity contribution < 1.29 is 9.53 Å². The molecule has 1 N–H and O–H groups in total. The maximum atomic E-state index is 11.9. The fourth-order valence-electron chi connectivity index (χ4n) is 2.08. The first-order valence-electron chi connectivity index (χ1n) is 7.58. The molecule has 2 aromatic rings. The molecule has 0 aliphatic heterocycles. The van der Waals surface area contributed by atoms with E-state index in [4.69, 9.17) is 27.9 Å². The van der Waals surface area contributed by atoms with E-state index in [-0.39, 0.29) is 11.5 Å². The summed E-state index contributed by atoms with van der Waals surface area (Å²) in [6.45, 7) is 2.79. The van der Waals surface area contributed by atoms with Crippen molar-refractivity contribution >= 4 is 34.8 Å². The number of nitrogens with one attached hydrogen (secondary N) is 1. The Morgan fingerprint density at radius 3 is 2.75 bits per heavy atom. The Balaban J connectivity index is 1.78. The highest BCUT2D eigenvalue weighted by Crippen LogP contribution is 2.27. The first-order chi connectivity index (χ1) is 11.5. The van der Waals surface area contributed by atoms with Crippen LogP contribution in [0, 0.1) is 0 Å². The first-order valence-corrected chi connectivity index (χ1v) is 8.33. The third kappa shape index (κ3) is 5.28. The molecule has 1 amide bonds. The van der Waals surface area contributed by atoms with Gasteiger partial charge in [-0.05, 0) is 37.6 Å². The zero-order chi connectivity index (χ0) is 17.5. The highest BCUT2D eigenvalue weighted by atomic mass is 35.5. The molecule has 0 saturated heterocycles. The van der Waals surface area contributed by atoms with Gasteiger partial charge in [0.25, 0.3) is 5.56 Å². The Morgan fingerprint density at radius 2 is 2.04 bits per heavy atom. The highest BCUT2D eigenvalue weighted by molar-refractivity contribution is 6.35. The minimum Gasteiger partial charge on any atom is -0.492 e. The Kier molecular flexibility index (Phi) is 6.70. The van der Waals surface area contributed by atoms with Crippen molar-refractivity contribution in [1.82, 2.24) is 4.57 Å². The van der Waals surface area contributed by atoms with Crippen LogP contribution in [0.4, 0.5) is 5.69 Å². The van der Waals surface area contributed by atoms with Gasteiger partial charge in [0, 0.05) is 30.3 Å². The molecule has 0 radical (unpaired) electrons. The third-order valence-electron chi connectivity index (χ3n) is 3.31. The maximum absolute atomic E-state index is 11.9. The molecule has 0 aliphatic carbocycles. The van der Waals surface area contributed by atoms with Crippen LogP contribution in [0.3, 0.4) is 0 Å². The normalized spacial score (nSPS) is 10.5. The largest absolute Gasteiger partial charge is 0.492 e. The Morgan fingerprint density at radius 1 is 1.25 bits per heavy atom. The zero-order valence-corrected chi connectivity index (χ0v) is 14.7. The van der Waals surface area contributed by atoms with Gasteiger partial charge in [0.1, 0.15) is 5.75 Å². The average Bonchev–Trinajstić information content (AvgIpc) is 2.55. The van der Waals surface area contributed by atoms with Gasteiger partial charge in [0.05, 0.1) is 17.3 Å². The molecule has 1 aromatic carbocycles. The van der Waals surface area contributed by atoms with Gasteiger partial charge in [-0.25, -0.2) is 0 Å². The molecule has 24 heavy (non-hydrogen) atoms. The summed E-state index contributed by atoms with van der Waals surface area (Å²) in [5, 5.41) is 3.74.